The summed E-state index contributed by atoms with van der Waals surface area (Å²) in [5, 5.41) is 10.8. The normalized spacial score (nSPS) is 20.0. The van der Waals surface area contributed by atoms with E-state index in [0.717, 1.165) is 38.1 Å². The topological polar surface area (TPSA) is 62.2 Å². The molecule has 0 radical (unpaired) electrons. The fourth-order valence-corrected chi connectivity index (χ4v) is 4.84. The van der Waals surface area contributed by atoms with Gasteiger partial charge in [0.1, 0.15) is 12.4 Å². The number of ether oxygens (including phenoxy) is 2. The Hall–Kier alpha value is -2.67. The van der Waals surface area contributed by atoms with Crippen molar-refractivity contribution in [3.8, 4) is 5.75 Å². The maximum Gasteiger partial charge on any atom is 0.257 e. The molecule has 5 rings (SSSR count). The first kappa shape index (κ1) is 21.2. The lowest BCUT2D eigenvalue weighted by Crippen LogP contribution is -2.44. The van der Waals surface area contributed by atoms with E-state index in [-0.39, 0.29) is 5.91 Å². The average Bonchev–Trinajstić information content (AvgIpc) is 2.98. The standard InChI is InChI=1S/C26H30N2O4/c29-23(17-27-10-7-19-3-1-2-4-22(19)16-27)18-28-11-14-32-25-15-21(5-6-24(25)26(28)30)20-8-12-31-13-9-20/h1-6,8,15,23,29H,7,9-14,16-18H2/t23-/m1/s1. The Kier molecular flexibility index (Phi) is 6.26. The lowest BCUT2D eigenvalue weighted by molar-refractivity contribution is 0.0501. The third-order valence-corrected chi connectivity index (χ3v) is 6.56. The Bertz CT molecular complexity index is 1020. The molecule has 2 aromatic carbocycles. The summed E-state index contributed by atoms with van der Waals surface area (Å²) in [6, 6.07) is 14.3. The van der Waals surface area contributed by atoms with Crippen molar-refractivity contribution in [2.45, 2.75) is 25.5 Å². The number of hydrogen-bond donors (Lipinski definition) is 1. The van der Waals surface area contributed by atoms with Gasteiger partial charge in [0.15, 0.2) is 0 Å². The molecule has 6 nitrogen and oxygen atoms in total. The van der Waals surface area contributed by atoms with E-state index in [2.05, 4.69) is 35.2 Å². The first-order chi connectivity index (χ1) is 15.7. The third kappa shape index (κ3) is 4.58. The molecular formula is C26H30N2O4. The molecule has 32 heavy (non-hydrogen) atoms. The molecule has 1 N–H and O–H groups in total. The first-order valence-electron chi connectivity index (χ1n) is 11.5. The maximum atomic E-state index is 13.2. The highest BCUT2D eigenvalue weighted by Gasteiger charge is 2.27. The smallest absolute Gasteiger partial charge is 0.257 e. The van der Waals surface area contributed by atoms with Gasteiger partial charge in [0, 0.05) is 26.2 Å². The molecule has 0 aromatic heterocycles. The van der Waals surface area contributed by atoms with Gasteiger partial charge in [-0.25, -0.2) is 0 Å². The summed E-state index contributed by atoms with van der Waals surface area (Å²) in [4.78, 5) is 17.2. The Morgan fingerprint density at radius 1 is 1.00 bits per heavy atom. The maximum absolute atomic E-state index is 13.2. The molecule has 0 spiro atoms. The van der Waals surface area contributed by atoms with Crippen molar-refractivity contribution in [3.05, 3.63) is 70.8 Å². The zero-order valence-electron chi connectivity index (χ0n) is 18.3. The molecule has 0 unspecified atom stereocenters. The SMILES string of the molecule is O=C1c2ccc(C3=CCOCC3)cc2OCCN1C[C@H](O)CN1CCc2ccccc2C1. The van der Waals surface area contributed by atoms with E-state index in [1.165, 1.54) is 16.7 Å². The Labute approximate surface area is 189 Å². The number of aliphatic hydroxyl groups excluding tert-OH is 1. The van der Waals surface area contributed by atoms with Crippen LogP contribution in [0, 0.1) is 0 Å². The van der Waals surface area contributed by atoms with E-state index in [4.69, 9.17) is 9.47 Å². The zero-order valence-corrected chi connectivity index (χ0v) is 18.3. The van der Waals surface area contributed by atoms with Gasteiger partial charge in [0.05, 0.1) is 31.4 Å². The van der Waals surface area contributed by atoms with Crippen molar-refractivity contribution in [1.82, 2.24) is 9.80 Å². The highest BCUT2D eigenvalue weighted by atomic mass is 16.5. The van der Waals surface area contributed by atoms with Crippen molar-refractivity contribution in [3.63, 3.8) is 0 Å². The van der Waals surface area contributed by atoms with Crippen LogP contribution in [0.25, 0.3) is 5.57 Å². The predicted molar refractivity (Wildman–Crippen MR) is 123 cm³/mol. The second-order valence-electron chi connectivity index (χ2n) is 8.77. The van der Waals surface area contributed by atoms with E-state index in [0.29, 0.717) is 44.2 Å². The van der Waals surface area contributed by atoms with Crippen molar-refractivity contribution < 1.29 is 19.4 Å². The molecule has 168 valence electrons. The number of carbonyl (C=O) groups is 1. The van der Waals surface area contributed by atoms with Crippen LogP contribution in [-0.2, 0) is 17.7 Å². The van der Waals surface area contributed by atoms with Gasteiger partial charge in [-0.1, -0.05) is 36.4 Å². The van der Waals surface area contributed by atoms with Gasteiger partial charge >= 0.3 is 0 Å². The van der Waals surface area contributed by atoms with Crippen molar-refractivity contribution in [1.29, 1.82) is 0 Å². The van der Waals surface area contributed by atoms with Gasteiger partial charge < -0.3 is 19.5 Å². The van der Waals surface area contributed by atoms with Crippen LogP contribution in [-0.4, -0.2) is 72.9 Å². The van der Waals surface area contributed by atoms with E-state index in [1.54, 1.807) is 4.90 Å². The molecule has 2 aromatic rings. The van der Waals surface area contributed by atoms with Gasteiger partial charge in [0.25, 0.3) is 5.91 Å². The van der Waals surface area contributed by atoms with Crippen LogP contribution in [0.3, 0.4) is 0 Å². The molecule has 0 bridgehead atoms. The van der Waals surface area contributed by atoms with E-state index >= 15 is 0 Å². The summed E-state index contributed by atoms with van der Waals surface area (Å²) in [6.45, 7) is 4.88. The largest absolute Gasteiger partial charge is 0.491 e. The molecule has 3 aliphatic heterocycles. The molecule has 3 aliphatic rings. The Morgan fingerprint density at radius 2 is 1.88 bits per heavy atom. The predicted octanol–water partition coefficient (Wildman–Crippen LogP) is 2.74. The molecule has 0 saturated carbocycles. The number of fused-ring (bicyclic) bond motifs is 2. The molecular weight excluding hydrogens is 404 g/mol. The summed E-state index contributed by atoms with van der Waals surface area (Å²) in [7, 11) is 0. The summed E-state index contributed by atoms with van der Waals surface area (Å²) < 4.78 is 11.3. The lowest BCUT2D eigenvalue weighted by atomic mass is 9.99. The van der Waals surface area contributed by atoms with E-state index < -0.39 is 6.10 Å². The molecule has 0 saturated heterocycles. The van der Waals surface area contributed by atoms with Crippen LogP contribution in [0.4, 0.5) is 0 Å². The van der Waals surface area contributed by atoms with Gasteiger partial charge in [-0.2, -0.15) is 0 Å². The van der Waals surface area contributed by atoms with Crippen LogP contribution >= 0.6 is 0 Å². The van der Waals surface area contributed by atoms with E-state index in [1.807, 2.05) is 18.2 Å². The second-order valence-corrected chi connectivity index (χ2v) is 8.77. The second kappa shape index (κ2) is 9.45. The minimum absolute atomic E-state index is 0.0759. The summed E-state index contributed by atoms with van der Waals surface area (Å²) in [5.41, 5.74) is 5.60. The minimum Gasteiger partial charge on any atom is -0.491 e. The number of rotatable bonds is 5. The summed E-state index contributed by atoms with van der Waals surface area (Å²) in [5.74, 6) is 0.553. The van der Waals surface area contributed by atoms with Crippen LogP contribution < -0.4 is 4.74 Å². The van der Waals surface area contributed by atoms with Gasteiger partial charge in [-0.3, -0.25) is 9.69 Å². The lowest BCUT2D eigenvalue weighted by Gasteiger charge is -2.32. The average molecular weight is 435 g/mol. The minimum atomic E-state index is -0.600. The number of aliphatic hydroxyl groups is 1. The fourth-order valence-electron chi connectivity index (χ4n) is 4.84. The number of β-amino-alcohol motifs (C(OH)–C–C–N with tert-alkyl or cyclic N) is 1. The molecule has 6 heteroatoms. The van der Waals surface area contributed by atoms with Crippen LogP contribution in [0.15, 0.2) is 48.5 Å². The Balaban J connectivity index is 1.23. The van der Waals surface area contributed by atoms with Crippen molar-refractivity contribution >= 4 is 11.5 Å². The van der Waals surface area contributed by atoms with Crippen LogP contribution in [0.1, 0.15) is 33.5 Å². The zero-order chi connectivity index (χ0) is 21.9. The summed E-state index contributed by atoms with van der Waals surface area (Å²) >= 11 is 0. The Morgan fingerprint density at radius 3 is 2.72 bits per heavy atom. The van der Waals surface area contributed by atoms with Crippen molar-refractivity contribution in [2.75, 3.05) is 46.0 Å². The van der Waals surface area contributed by atoms with Crippen LogP contribution in [0.2, 0.25) is 0 Å². The highest BCUT2D eigenvalue weighted by molar-refractivity contribution is 5.97. The molecule has 0 aliphatic carbocycles. The summed E-state index contributed by atoms with van der Waals surface area (Å²) in [6.07, 6.45) is 3.35. The highest BCUT2D eigenvalue weighted by Crippen LogP contribution is 2.30. The number of hydrogen-bond acceptors (Lipinski definition) is 5. The number of benzene rings is 2. The molecule has 1 atom stereocenters. The molecule has 3 heterocycles. The first-order valence-corrected chi connectivity index (χ1v) is 11.5. The fraction of sp³-hybridized carbons (Fsp3) is 0.423. The van der Waals surface area contributed by atoms with Crippen LogP contribution in [0.5, 0.6) is 5.75 Å². The number of nitrogens with zero attached hydrogens (tertiary/aromatic N) is 2. The molecule has 1 amide bonds. The monoisotopic (exact) mass is 434 g/mol. The van der Waals surface area contributed by atoms with Gasteiger partial charge in [-0.15, -0.1) is 0 Å². The van der Waals surface area contributed by atoms with Gasteiger partial charge in [-0.05, 0) is 47.2 Å². The third-order valence-electron chi connectivity index (χ3n) is 6.56. The van der Waals surface area contributed by atoms with Gasteiger partial charge in [0.2, 0.25) is 0 Å². The quantitative estimate of drug-likeness (QED) is 0.784. The van der Waals surface area contributed by atoms with E-state index in [9.17, 15) is 9.90 Å². The number of amides is 1. The number of carbonyl (C=O) groups excluding carboxylic acids is 1. The van der Waals surface area contributed by atoms with Crippen molar-refractivity contribution in [2.24, 2.45) is 0 Å². The molecule has 0 fully saturated rings.